The van der Waals surface area contributed by atoms with Crippen molar-refractivity contribution in [2.75, 3.05) is 11.9 Å². The molecule has 0 spiro atoms. The first kappa shape index (κ1) is 16.4. The SMILES string of the molecule is CCOC(=O)c1nc(Nc2cccc(C)c2)c2c(C)c(C)sc2n1. The quantitative estimate of drug-likeness (QED) is 0.706. The first-order chi connectivity index (χ1) is 11.5. The molecule has 1 N–H and O–H groups in total. The van der Waals surface area contributed by atoms with Crippen LogP contribution in [0.1, 0.15) is 33.5 Å². The van der Waals surface area contributed by atoms with Crippen molar-refractivity contribution in [3.05, 3.63) is 46.1 Å². The molecule has 124 valence electrons. The van der Waals surface area contributed by atoms with Crippen LogP contribution in [0.5, 0.6) is 0 Å². The maximum Gasteiger partial charge on any atom is 0.376 e. The summed E-state index contributed by atoms with van der Waals surface area (Å²) >= 11 is 1.56. The third kappa shape index (κ3) is 3.10. The van der Waals surface area contributed by atoms with Crippen molar-refractivity contribution in [3.8, 4) is 0 Å². The zero-order chi connectivity index (χ0) is 17.3. The van der Waals surface area contributed by atoms with Gasteiger partial charge in [-0.1, -0.05) is 12.1 Å². The van der Waals surface area contributed by atoms with E-state index in [0.29, 0.717) is 12.4 Å². The van der Waals surface area contributed by atoms with Crippen LogP contribution in [0, 0.1) is 20.8 Å². The van der Waals surface area contributed by atoms with Crippen molar-refractivity contribution in [1.29, 1.82) is 0 Å². The number of fused-ring (bicyclic) bond motifs is 1. The van der Waals surface area contributed by atoms with E-state index in [2.05, 4.69) is 15.3 Å². The largest absolute Gasteiger partial charge is 0.460 e. The van der Waals surface area contributed by atoms with Crippen LogP contribution in [-0.4, -0.2) is 22.5 Å². The van der Waals surface area contributed by atoms with Crippen LogP contribution in [0.4, 0.5) is 11.5 Å². The highest BCUT2D eigenvalue weighted by Crippen LogP contribution is 2.34. The van der Waals surface area contributed by atoms with Gasteiger partial charge in [-0.05, 0) is 51.0 Å². The standard InChI is InChI=1S/C18H19N3O2S/c1-5-23-18(22)16-20-15(19-13-8-6-7-10(2)9-13)14-11(3)12(4)24-17(14)21-16/h6-9H,5H2,1-4H3,(H,19,20,21). The van der Waals surface area contributed by atoms with Crippen LogP contribution in [0.15, 0.2) is 24.3 Å². The minimum Gasteiger partial charge on any atom is -0.460 e. The van der Waals surface area contributed by atoms with Crippen LogP contribution in [0.2, 0.25) is 0 Å². The number of carbonyl (C=O) groups excluding carboxylic acids is 1. The average molecular weight is 341 g/mol. The molecule has 0 bridgehead atoms. The van der Waals surface area contributed by atoms with Gasteiger partial charge < -0.3 is 10.1 Å². The minimum absolute atomic E-state index is 0.0840. The summed E-state index contributed by atoms with van der Waals surface area (Å²) in [5.74, 6) is 0.214. The molecule has 0 unspecified atom stereocenters. The van der Waals surface area contributed by atoms with Crippen molar-refractivity contribution in [1.82, 2.24) is 9.97 Å². The topological polar surface area (TPSA) is 64.1 Å². The summed E-state index contributed by atoms with van der Waals surface area (Å²) < 4.78 is 5.05. The Kier molecular flexibility index (Phi) is 4.49. The predicted molar refractivity (Wildman–Crippen MR) is 97.3 cm³/mol. The first-order valence-corrected chi connectivity index (χ1v) is 8.59. The molecule has 2 aromatic heterocycles. The lowest BCUT2D eigenvalue weighted by atomic mass is 10.2. The van der Waals surface area contributed by atoms with Crippen molar-refractivity contribution in [2.45, 2.75) is 27.7 Å². The third-order valence-electron chi connectivity index (χ3n) is 3.77. The lowest BCUT2D eigenvalue weighted by molar-refractivity contribution is 0.0512. The van der Waals surface area contributed by atoms with Gasteiger partial charge in [-0.2, -0.15) is 0 Å². The zero-order valence-electron chi connectivity index (χ0n) is 14.1. The van der Waals surface area contributed by atoms with Gasteiger partial charge in [0.1, 0.15) is 10.6 Å². The number of aromatic nitrogens is 2. The fourth-order valence-electron chi connectivity index (χ4n) is 2.49. The maximum atomic E-state index is 12.1. The van der Waals surface area contributed by atoms with Crippen LogP contribution in [0.3, 0.4) is 0 Å². The van der Waals surface area contributed by atoms with Gasteiger partial charge in [0.2, 0.25) is 5.82 Å². The molecule has 0 amide bonds. The molecule has 5 nitrogen and oxygen atoms in total. The van der Waals surface area contributed by atoms with Crippen molar-refractivity contribution in [3.63, 3.8) is 0 Å². The third-order valence-corrected chi connectivity index (χ3v) is 4.87. The van der Waals surface area contributed by atoms with Crippen molar-refractivity contribution in [2.24, 2.45) is 0 Å². The van der Waals surface area contributed by atoms with Crippen molar-refractivity contribution < 1.29 is 9.53 Å². The summed E-state index contributed by atoms with van der Waals surface area (Å²) in [6.45, 7) is 8.18. The molecule has 0 radical (unpaired) electrons. The molecule has 3 aromatic rings. The molecule has 0 aliphatic carbocycles. The van der Waals surface area contributed by atoms with Crippen LogP contribution in [0.25, 0.3) is 10.2 Å². The van der Waals surface area contributed by atoms with Gasteiger partial charge in [0.15, 0.2) is 0 Å². The smallest absolute Gasteiger partial charge is 0.376 e. The van der Waals surface area contributed by atoms with Gasteiger partial charge in [-0.25, -0.2) is 14.8 Å². The van der Waals surface area contributed by atoms with Gasteiger partial charge in [-0.15, -0.1) is 11.3 Å². The lowest BCUT2D eigenvalue weighted by Crippen LogP contribution is -2.11. The van der Waals surface area contributed by atoms with E-state index in [4.69, 9.17) is 4.74 Å². The number of nitrogens with one attached hydrogen (secondary N) is 1. The van der Waals surface area contributed by atoms with E-state index in [0.717, 1.165) is 31.9 Å². The number of nitrogens with zero attached hydrogens (tertiary/aromatic N) is 2. The summed E-state index contributed by atoms with van der Waals surface area (Å²) in [6, 6.07) is 8.02. The second-order valence-corrected chi connectivity index (χ2v) is 6.78. The monoisotopic (exact) mass is 341 g/mol. The number of ether oxygens (including phenoxy) is 1. The molecule has 0 aliphatic rings. The summed E-state index contributed by atoms with van der Waals surface area (Å²) in [7, 11) is 0. The normalized spacial score (nSPS) is 10.8. The number of hydrogen-bond acceptors (Lipinski definition) is 6. The highest BCUT2D eigenvalue weighted by atomic mass is 32.1. The second kappa shape index (κ2) is 6.57. The molecule has 0 atom stereocenters. The van der Waals surface area contributed by atoms with Gasteiger partial charge in [-0.3, -0.25) is 0 Å². The minimum atomic E-state index is -0.504. The van der Waals surface area contributed by atoms with E-state index in [9.17, 15) is 4.79 Å². The van der Waals surface area contributed by atoms with E-state index in [1.807, 2.05) is 45.0 Å². The van der Waals surface area contributed by atoms with Crippen molar-refractivity contribution >= 4 is 39.0 Å². The van der Waals surface area contributed by atoms with Gasteiger partial charge >= 0.3 is 5.97 Å². The predicted octanol–water partition coefficient (Wildman–Crippen LogP) is 4.54. The Balaban J connectivity index is 2.14. The van der Waals surface area contributed by atoms with Crippen LogP contribution >= 0.6 is 11.3 Å². The Bertz CT molecular complexity index is 918. The number of anilines is 2. The summed E-state index contributed by atoms with van der Waals surface area (Å²) in [6.07, 6.45) is 0. The summed E-state index contributed by atoms with van der Waals surface area (Å²) in [5.41, 5.74) is 3.20. The Morgan fingerprint density at radius 2 is 2.04 bits per heavy atom. The Morgan fingerprint density at radius 3 is 2.75 bits per heavy atom. The van der Waals surface area contributed by atoms with E-state index in [-0.39, 0.29) is 5.82 Å². The van der Waals surface area contributed by atoms with Crippen LogP contribution < -0.4 is 5.32 Å². The molecule has 24 heavy (non-hydrogen) atoms. The molecule has 0 saturated carbocycles. The van der Waals surface area contributed by atoms with E-state index >= 15 is 0 Å². The Hall–Kier alpha value is -2.47. The van der Waals surface area contributed by atoms with E-state index in [1.54, 1.807) is 18.3 Å². The van der Waals surface area contributed by atoms with Crippen LogP contribution in [-0.2, 0) is 4.74 Å². The number of hydrogen-bond donors (Lipinski definition) is 1. The molecular formula is C18H19N3O2S. The molecular weight excluding hydrogens is 322 g/mol. The number of esters is 1. The number of carbonyl (C=O) groups is 1. The fourth-order valence-corrected chi connectivity index (χ4v) is 3.52. The highest BCUT2D eigenvalue weighted by Gasteiger charge is 2.19. The molecule has 0 aliphatic heterocycles. The Labute approximate surface area is 144 Å². The lowest BCUT2D eigenvalue weighted by Gasteiger charge is -2.10. The number of aryl methyl sites for hydroxylation is 3. The average Bonchev–Trinajstić information content (AvgIpc) is 2.82. The molecule has 0 saturated heterocycles. The number of rotatable bonds is 4. The zero-order valence-corrected chi connectivity index (χ0v) is 15.0. The van der Waals surface area contributed by atoms with Gasteiger partial charge in [0.25, 0.3) is 0 Å². The summed E-state index contributed by atoms with van der Waals surface area (Å²) in [5, 5.41) is 4.28. The molecule has 6 heteroatoms. The van der Waals surface area contributed by atoms with Gasteiger partial charge in [0, 0.05) is 10.6 Å². The van der Waals surface area contributed by atoms with E-state index < -0.39 is 5.97 Å². The molecule has 0 fully saturated rings. The number of thiophene rings is 1. The second-order valence-electron chi connectivity index (χ2n) is 5.57. The van der Waals surface area contributed by atoms with E-state index in [1.165, 1.54) is 0 Å². The molecule has 1 aromatic carbocycles. The van der Waals surface area contributed by atoms with Gasteiger partial charge in [0.05, 0.1) is 12.0 Å². The first-order valence-electron chi connectivity index (χ1n) is 7.78. The number of benzene rings is 1. The highest BCUT2D eigenvalue weighted by molar-refractivity contribution is 7.18. The maximum absolute atomic E-state index is 12.1. The molecule has 2 heterocycles. The summed E-state index contributed by atoms with van der Waals surface area (Å²) in [4.78, 5) is 22.8. The molecule has 3 rings (SSSR count). The Morgan fingerprint density at radius 1 is 1.25 bits per heavy atom. The fraction of sp³-hybridized carbons (Fsp3) is 0.278.